The maximum absolute atomic E-state index is 12.1. The lowest BCUT2D eigenvalue weighted by atomic mass is 10.2. The Morgan fingerprint density at radius 1 is 1.12 bits per heavy atom. The molecule has 0 aliphatic heterocycles. The van der Waals surface area contributed by atoms with Gasteiger partial charge in [0.1, 0.15) is 24.7 Å². The van der Waals surface area contributed by atoms with Crippen molar-refractivity contribution >= 4 is 33.4 Å². The molecule has 0 fully saturated rings. The molecule has 1 N–H and O–H groups in total. The SMILES string of the molecule is Cn1c2ccncc2c2ccc(Nc3ccc(OCCF)nc3)nc21. The molecule has 0 spiro atoms. The van der Waals surface area contributed by atoms with E-state index in [-0.39, 0.29) is 6.61 Å². The Kier molecular flexibility index (Phi) is 3.89. The van der Waals surface area contributed by atoms with E-state index in [1.165, 1.54) is 0 Å². The van der Waals surface area contributed by atoms with Crippen LogP contribution >= 0.6 is 0 Å². The number of nitrogens with zero attached hydrogens (tertiary/aromatic N) is 4. The third kappa shape index (κ3) is 2.84. The summed E-state index contributed by atoms with van der Waals surface area (Å²) >= 11 is 0. The smallest absolute Gasteiger partial charge is 0.213 e. The summed E-state index contributed by atoms with van der Waals surface area (Å²) < 4.78 is 19.3. The molecule has 0 saturated carbocycles. The number of rotatable bonds is 5. The Bertz CT molecular complexity index is 1030. The highest BCUT2D eigenvalue weighted by Crippen LogP contribution is 2.27. The van der Waals surface area contributed by atoms with E-state index in [2.05, 4.69) is 15.3 Å². The van der Waals surface area contributed by atoms with Gasteiger partial charge in [-0.05, 0) is 24.3 Å². The summed E-state index contributed by atoms with van der Waals surface area (Å²) in [6.45, 7) is -0.528. The lowest BCUT2D eigenvalue weighted by Crippen LogP contribution is -2.01. The molecule has 0 aromatic carbocycles. The summed E-state index contributed by atoms with van der Waals surface area (Å²) in [5.74, 6) is 1.11. The molecule has 0 saturated heterocycles. The molecule has 25 heavy (non-hydrogen) atoms. The number of anilines is 2. The number of halogens is 1. The fourth-order valence-corrected chi connectivity index (χ4v) is 2.82. The molecule has 0 amide bonds. The molecular weight excluding hydrogens is 321 g/mol. The second-order valence-electron chi connectivity index (χ2n) is 5.57. The van der Waals surface area contributed by atoms with Gasteiger partial charge in [0.15, 0.2) is 0 Å². The predicted molar refractivity (Wildman–Crippen MR) is 95.0 cm³/mol. The fraction of sp³-hybridized carbons (Fsp3) is 0.167. The molecule has 0 aliphatic rings. The van der Waals surface area contributed by atoms with Crippen LogP contribution in [0.1, 0.15) is 0 Å². The molecule has 0 radical (unpaired) electrons. The Morgan fingerprint density at radius 2 is 2.04 bits per heavy atom. The monoisotopic (exact) mass is 337 g/mol. The number of alkyl halides is 1. The van der Waals surface area contributed by atoms with Gasteiger partial charge in [-0.25, -0.2) is 14.4 Å². The van der Waals surface area contributed by atoms with Crippen LogP contribution in [0, 0.1) is 0 Å². The van der Waals surface area contributed by atoms with Crippen LogP contribution in [0.4, 0.5) is 15.9 Å². The Morgan fingerprint density at radius 3 is 2.84 bits per heavy atom. The van der Waals surface area contributed by atoms with Gasteiger partial charge in [0.25, 0.3) is 0 Å². The Balaban J connectivity index is 1.63. The van der Waals surface area contributed by atoms with E-state index in [1.807, 2.05) is 42.1 Å². The molecule has 0 atom stereocenters. The summed E-state index contributed by atoms with van der Waals surface area (Å²) in [5, 5.41) is 5.36. The molecular formula is C18H16FN5O. The minimum absolute atomic E-state index is 0.00784. The van der Waals surface area contributed by atoms with Crippen molar-refractivity contribution in [2.75, 3.05) is 18.6 Å². The first kappa shape index (κ1) is 15.3. The quantitative estimate of drug-likeness (QED) is 0.603. The third-order valence-corrected chi connectivity index (χ3v) is 3.98. The van der Waals surface area contributed by atoms with Gasteiger partial charge in [0.2, 0.25) is 5.88 Å². The van der Waals surface area contributed by atoms with Crippen LogP contribution in [0.3, 0.4) is 0 Å². The van der Waals surface area contributed by atoms with Crippen LogP contribution < -0.4 is 10.1 Å². The molecule has 0 aliphatic carbocycles. The maximum atomic E-state index is 12.1. The van der Waals surface area contributed by atoms with Crippen molar-refractivity contribution in [1.29, 1.82) is 0 Å². The zero-order chi connectivity index (χ0) is 17.2. The van der Waals surface area contributed by atoms with Gasteiger partial charge in [-0.15, -0.1) is 0 Å². The minimum Gasteiger partial charge on any atom is -0.475 e. The summed E-state index contributed by atoms with van der Waals surface area (Å²) in [5.41, 5.74) is 2.74. The fourth-order valence-electron chi connectivity index (χ4n) is 2.82. The second kappa shape index (κ2) is 6.35. The lowest BCUT2D eigenvalue weighted by Gasteiger charge is -2.07. The molecule has 0 bridgehead atoms. The standard InChI is InChI=1S/C18H16FN5O/c1-24-15-6-8-20-11-14(15)13-3-4-16(23-18(13)24)22-12-2-5-17(21-10-12)25-9-7-19/h2-6,8,10-11H,7,9H2,1H3,(H,22,23). The largest absolute Gasteiger partial charge is 0.475 e. The van der Waals surface area contributed by atoms with Gasteiger partial charge < -0.3 is 14.6 Å². The zero-order valence-electron chi connectivity index (χ0n) is 13.6. The Labute approximate surface area is 143 Å². The first-order valence-corrected chi connectivity index (χ1v) is 7.87. The van der Waals surface area contributed by atoms with Crippen molar-refractivity contribution in [2.45, 2.75) is 0 Å². The number of hydrogen-bond acceptors (Lipinski definition) is 5. The highest BCUT2D eigenvalue weighted by molar-refractivity contribution is 6.06. The first-order chi connectivity index (χ1) is 12.3. The number of aryl methyl sites for hydroxylation is 1. The number of pyridine rings is 3. The van der Waals surface area contributed by atoms with Gasteiger partial charge in [0.05, 0.1) is 17.4 Å². The lowest BCUT2D eigenvalue weighted by molar-refractivity contribution is 0.264. The third-order valence-electron chi connectivity index (χ3n) is 3.98. The van der Waals surface area contributed by atoms with E-state index in [9.17, 15) is 4.39 Å². The van der Waals surface area contributed by atoms with Crippen molar-refractivity contribution in [3.05, 3.63) is 48.9 Å². The topological polar surface area (TPSA) is 64.9 Å². The van der Waals surface area contributed by atoms with E-state index < -0.39 is 6.67 Å². The van der Waals surface area contributed by atoms with Crippen LogP contribution in [0.15, 0.2) is 48.9 Å². The van der Waals surface area contributed by atoms with E-state index in [4.69, 9.17) is 9.72 Å². The number of aromatic nitrogens is 4. The number of ether oxygens (including phenoxy) is 1. The van der Waals surface area contributed by atoms with E-state index in [0.717, 1.165) is 27.6 Å². The number of hydrogen-bond donors (Lipinski definition) is 1. The summed E-state index contributed by atoms with van der Waals surface area (Å²) in [4.78, 5) is 13.0. The molecule has 0 unspecified atom stereocenters. The number of fused-ring (bicyclic) bond motifs is 3. The molecule has 126 valence electrons. The molecule has 4 aromatic heterocycles. The van der Waals surface area contributed by atoms with Crippen LogP contribution in [-0.2, 0) is 7.05 Å². The average molecular weight is 337 g/mol. The van der Waals surface area contributed by atoms with Crippen molar-refractivity contribution in [3.8, 4) is 5.88 Å². The summed E-state index contributed by atoms with van der Waals surface area (Å²) in [6.07, 6.45) is 5.26. The van der Waals surface area contributed by atoms with Crippen LogP contribution in [0.5, 0.6) is 5.88 Å². The van der Waals surface area contributed by atoms with E-state index in [0.29, 0.717) is 11.7 Å². The van der Waals surface area contributed by atoms with Crippen molar-refractivity contribution in [2.24, 2.45) is 7.05 Å². The van der Waals surface area contributed by atoms with Crippen molar-refractivity contribution in [3.63, 3.8) is 0 Å². The molecule has 7 heteroatoms. The van der Waals surface area contributed by atoms with Crippen LogP contribution in [-0.4, -0.2) is 32.8 Å². The van der Waals surface area contributed by atoms with E-state index >= 15 is 0 Å². The van der Waals surface area contributed by atoms with E-state index in [1.54, 1.807) is 18.5 Å². The second-order valence-corrected chi connectivity index (χ2v) is 5.57. The molecule has 4 aromatic rings. The van der Waals surface area contributed by atoms with Gasteiger partial charge in [-0.2, -0.15) is 0 Å². The van der Waals surface area contributed by atoms with Gasteiger partial charge in [0, 0.05) is 36.3 Å². The highest BCUT2D eigenvalue weighted by Gasteiger charge is 2.10. The van der Waals surface area contributed by atoms with Crippen LogP contribution in [0.25, 0.3) is 21.9 Å². The van der Waals surface area contributed by atoms with Crippen molar-refractivity contribution in [1.82, 2.24) is 19.5 Å². The maximum Gasteiger partial charge on any atom is 0.213 e. The minimum atomic E-state index is -0.536. The summed E-state index contributed by atoms with van der Waals surface area (Å²) in [6, 6.07) is 9.43. The summed E-state index contributed by atoms with van der Waals surface area (Å²) in [7, 11) is 1.99. The highest BCUT2D eigenvalue weighted by atomic mass is 19.1. The Hall–Kier alpha value is -3.22. The predicted octanol–water partition coefficient (Wildman–Crippen LogP) is 3.61. The van der Waals surface area contributed by atoms with Gasteiger partial charge in [-0.3, -0.25) is 4.98 Å². The van der Waals surface area contributed by atoms with Gasteiger partial charge in [-0.1, -0.05) is 0 Å². The molecule has 4 rings (SSSR count). The normalized spacial score (nSPS) is 11.1. The van der Waals surface area contributed by atoms with Crippen LogP contribution in [0.2, 0.25) is 0 Å². The zero-order valence-corrected chi connectivity index (χ0v) is 13.6. The van der Waals surface area contributed by atoms with Crippen molar-refractivity contribution < 1.29 is 9.13 Å². The molecule has 6 nitrogen and oxygen atoms in total. The molecule has 4 heterocycles. The first-order valence-electron chi connectivity index (χ1n) is 7.87. The number of nitrogens with one attached hydrogen (secondary N) is 1. The van der Waals surface area contributed by atoms with Gasteiger partial charge >= 0.3 is 0 Å². The average Bonchev–Trinajstić information content (AvgIpc) is 2.94.